The summed E-state index contributed by atoms with van der Waals surface area (Å²) in [5, 5.41) is 24.6. The monoisotopic (exact) mass is 262 g/mol. The number of aliphatic hydroxyl groups is 1. The maximum Gasteiger partial charge on any atom is 0.311 e. The second kappa shape index (κ2) is 6.05. The average Bonchev–Trinajstić information content (AvgIpc) is 2.34. The van der Waals surface area contributed by atoms with Crippen molar-refractivity contribution in [3.8, 4) is 0 Å². The minimum Gasteiger partial charge on any atom is -0.385 e. The number of hydrogen-bond acceptors (Lipinski definition) is 6. The molecule has 3 N–H and O–H groups in total. The van der Waals surface area contributed by atoms with Crippen molar-refractivity contribution in [3.63, 3.8) is 0 Å². The number of halogens is 2. The van der Waals surface area contributed by atoms with Crippen LogP contribution in [0.1, 0.15) is 0 Å². The van der Waals surface area contributed by atoms with Crippen molar-refractivity contribution in [1.29, 1.82) is 0 Å². The number of rotatable bonds is 6. The quantitative estimate of drug-likeness (QED) is 0.523. The third-order valence-electron chi connectivity index (χ3n) is 2.10. The molecule has 1 atom stereocenters. The fraction of sp³-hybridized carbons (Fsp3) is 0.444. The summed E-state index contributed by atoms with van der Waals surface area (Å²) in [4.78, 5) is 13.8. The van der Waals surface area contributed by atoms with Crippen LogP contribution in [0.25, 0.3) is 0 Å². The number of nitrogens with zero attached hydrogens (tertiary/aromatic N) is 2. The van der Waals surface area contributed by atoms with Gasteiger partial charge in [-0.25, -0.2) is 13.8 Å². The lowest BCUT2D eigenvalue weighted by atomic mass is 10.3. The Hall–Kier alpha value is -2.03. The molecule has 1 heterocycles. The van der Waals surface area contributed by atoms with E-state index in [-0.39, 0.29) is 11.5 Å². The molecule has 0 radical (unpaired) electrons. The summed E-state index contributed by atoms with van der Waals surface area (Å²) in [7, 11) is 1.56. The topological polar surface area (TPSA) is 100 Å². The first kappa shape index (κ1) is 14.0. The SMILES string of the molecule is CNc1ccc([N+](=O)[O-])c(NCC(O)C(F)F)n1. The highest BCUT2D eigenvalue weighted by Gasteiger charge is 2.20. The summed E-state index contributed by atoms with van der Waals surface area (Å²) in [5.74, 6) is 0.168. The predicted octanol–water partition coefficient (Wildman–Crippen LogP) is 1.07. The van der Waals surface area contributed by atoms with Gasteiger partial charge < -0.3 is 15.7 Å². The second-order valence-electron chi connectivity index (χ2n) is 3.35. The van der Waals surface area contributed by atoms with Crippen LogP contribution >= 0.6 is 0 Å². The van der Waals surface area contributed by atoms with E-state index in [0.717, 1.165) is 0 Å². The van der Waals surface area contributed by atoms with Crippen molar-refractivity contribution in [2.75, 3.05) is 24.2 Å². The number of nitro groups is 1. The third-order valence-corrected chi connectivity index (χ3v) is 2.10. The Morgan fingerprint density at radius 3 is 2.72 bits per heavy atom. The summed E-state index contributed by atoms with van der Waals surface area (Å²) in [6.45, 7) is -0.529. The Labute approximate surface area is 101 Å². The molecular weight excluding hydrogens is 250 g/mol. The summed E-state index contributed by atoms with van der Waals surface area (Å²) < 4.78 is 24.2. The lowest BCUT2D eigenvalue weighted by Gasteiger charge is -2.11. The average molecular weight is 262 g/mol. The molecule has 0 bridgehead atoms. The fourth-order valence-corrected chi connectivity index (χ4v) is 1.16. The van der Waals surface area contributed by atoms with Gasteiger partial charge in [0, 0.05) is 19.7 Å². The van der Waals surface area contributed by atoms with Crippen molar-refractivity contribution in [2.45, 2.75) is 12.5 Å². The van der Waals surface area contributed by atoms with Crippen LogP contribution in [0.15, 0.2) is 12.1 Å². The molecule has 0 amide bonds. The highest BCUT2D eigenvalue weighted by molar-refractivity contribution is 5.60. The number of anilines is 2. The summed E-state index contributed by atoms with van der Waals surface area (Å²) in [6, 6.07) is 2.57. The molecule has 0 fully saturated rings. The van der Waals surface area contributed by atoms with Gasteiger partial charge in [0.05, 0.1) is 4.92 Å². The molecule has 18 heavy (non-hydrogen) atoms. The summed E-state index contributed by atoms with van der Waals surface area (Å²) in [6.07, 6.45) is -4.84. The van der Waals surface area contributed by atoms with E-state index in [0.29, 0.717) is 5.82 Å². The van der Waals surface area contributed by atoms with Crippen LogP contribution in [0, 0.1) is 10.1 Å². The smallest absolute Gasteiger partial charge is 0.311 e. The molecular formula is C9H12F2N4O3. The van der Waals surface area contributed by atoms with Gasteiger partial charge in [0.25, 0.3) is 6.43 Å². The van der Waals surface area contributed by atoms with E-state index < -0.39 is 24.0 Å². The Bertz CT molecular complexity index is 430. The van der Waals surface area contributed by atoms with Gasteiger partial charge in [0.2, 0.25) is 5.82 Å². The zero-order chi connectivity index (χ0) is 13.7. The van der Waals surface area contributed by atoms with Crippen LogP contribution in [-0.2, 0) is 0 Å². The lowest BCUT2D eigenvalue weighted by Crippen LogP contribution is -2.27. The largest absolute Gasteiger partial charge is 0.385 e. The molecule has 1 rings (SSSR count). The van der Waals surface area contributed by atoms with E-state index in [1.165, 1.54) is 12.1 Å². The highest BCUT2D eigenvalue weighted by Crippen LogP contribution is 2.23. The first-order valence-corrected chi connectivity index (χ1v) is 4.99. The Morgan fingerprint density at radius 1 is 1.56 bits per heavy atom. The fourth-order valence-electron chi connectivity index (χ4n) is 1.16. The Kier molecular flexibility index (Phi) is 4.72. The Balaban J connectivity index is 2.87. The molecule has 9 heteroatoms. The van der Waals surface area contributed by atoms with E-state index in [9.17, 15) is 18.9 Å². The van der Waals surface area contributed by atoms with Crippen LogP contribution < -0.4 is 10.6 Å². The Morgan fingerprint density at radius 2 is 2.22 bits per heavy atom. The van der Waals surface area contributed by atoms with Crippen LogP contribution in [0.2, 0.25) is 0 Å². The number of hydrogen-bond donors (Lipinski definition) is 3. The maximum atomic E-state index is 12.1. The van der Waals surface area contributed by atoms with Gasteiger partial charge in [-0.05, 0) is 6.07 Å². The molecule has 0 aromatic carbocycles. The second-order valence-corrected chi connectivity index (χ2v) is 3.35. The zero-order valence-electron chi connectivity index (χ0n) is 9.43. The van der Waals surface area contributed by atoms with Crippen molar-refractivity contribution in [3.05, 3.63) is 22.2 Å². The van der Waals surface area contributed by atoms with Crippen molar-refractivity contribution in [2.24, 2.45) is 0 Å². The molecule has 0 aliphatic carbocycles. The molecule has 0 aliphatic rings. The van der Waals surface area contributed by atoms with Crippen LogP contribution in [0.3, 0.4) is 0 Å². The number of alkyl halides is 2. The third kappa shape index (κ3) is 3.48. The number of aliphatic hydroxyl groups excluding tert-OH is 1. The molecule has 7 nitrogen and oxygen atoms in total. The predicted molar refractivity (Wildman–Crippen MR) is 60.9 cm³/mol. The number of aromatic nitrogens is 1. The number of pyridine rings is 1. The van der Waals surface area contributed by atoms with Gasteiger partial charge in [-0.2, -0.15) is 0 Å². The molecule has 100 valence electrons. The molecule has 0 spiro atoms. The molecule has 1 aromatic rings. The summed E-state index contributed by atoms with van der Waals surface area (Å²) in [5.41, 5.74) is -0.351. The van der Waals surface area contributed by atoms with Gasteiger partial charge >= 0.3 is 5.69 Å². The minimum atomic E-state index is -2.93. The normalized spacial score (nSPS) is 12.3. The van der Waals surface area contributed by atoms with Gasteiger partial charge in [-0.15, -0.1) is 0 Å². The first-order valence-electron chi connectivity index (χ1n) is 4.99. The van der Waals surface area contributed by atoms with Gasteiger partial charge in [0.15, 0.2) is 0 Å². The van der Waals surface area contributed by atoms with E-state index in [4.69, 9.17) is 5.11 Å². The molecule has 1 unspecified atom stereocenters. The number of nitrogens with one attached hydrogen (secondary N) is 2. The lowest BCUT2D eigenvalue weighted by molar-refractivity contribution is -0.384. The van der Waals surface area contributed by atoms with Crippen LogP contribution in [-0.4, -0.2) is 41.1 Å². The first-order chi connectivity index (χ1) is 8.45. The van der Waals surface area contributed by atoms with Crippen molar-refractivity contribution in [1.82, 2.24) is 4.98 Å². The van der Waals surface area contributed by atoms with Gasteiger partial charge in [-0.1, -0.05) is 0 Å². The van der Waals surface area contributed by atoms with Crippen molar-refractivity contribution < 1.29 is 18.8 Å². The zero-order valence-corrected chi connectivity index (χ0v) is 9.43. The maximum absolute atomic E-state index is 12.1. The van der Waals surface area contributed by atoms with E-state index in [1.54, 1.807) is 7.05 Å². The molecule has 0 saturated carbocycles. The van der Waals surface area contributed by atoms with E-state index in [2.05, 4.69) is 15.6 Å². The standard InChI is InChI=1S/C9H12F2N4O3/c1-12-7-3-2-5(15(17)18)9(14-7)13-4-6(16)8(10)11/h2-3,6,8,16H,4H2,1H3,(H2,12,13,14). The van der Waals surface area contributed by atoms with Crippen molar-refractivity contribution >= 4 is 17.3 Å². The van der Waals surface area contributed by atoms with E-state index >= 15 is 0 Å². The van der Waals surface area contributed by atoms with Crippen LogP contribution in [0.5, 0.6) is 0 Å². The molecule has 1 aromatic heterocycles. The van der Waals surface area contributed by atoms with Gasteiger partial charge in [0.1, 0.15) is 11.9 Å². The van der Waals surface area contributed by atoms with E-state index in [1.807, 2.05) is 0 Å². The van der Waals surface area contributed by atoms with Crippen LogP contribution in [0.4, 0.5) is 26.1 Å². The molecule has 0 aliphatic heterocycles. The highest BCUT2D eigenvalue weighted by atomic mass is 19.3. The van der Waals surface area contributed by atoms with Gasteiger partial charge in [-0.3, -0.25) is 10.1 Å². The molecule has 0 saturated heterocycles. The summed E-state index contributed by atoms with van der Waals surface area (Å²) >= 11 is 0. The minimum absolute atomic E-state index is 0.174.